The van der Waals surface area contributed by atoms with Gasteiger partial charge >= 0.3 is 0 Å². The fourth-order valence-electron chi connectivity index (χ4n) is 1.85. The van der Waals surface area contributed by atoms with Crippen molar-refractivity contribution in [2.24, 2.45) is 0 Å². The number of nitrogens with one attached hydrogen (secondary N) is 1. The van der Waals surface area contributed by atoms with Gasteiger partial charge in [0.15, 0.2) is 0 Å². The first kappa shape index (κ1) is 16.9. The summed E-state index contributed by atoms with van der Waals surface area (Å²) in [5.74, 6) is 0.611. The molecule has 0 bridgehead atoms. The second kappa shape index (κ2) is 8.21. The number of aromatic nitrogens is 1. The van der Waals surface area contributed by atoms with Crippen molar-refractivity contribution in [3.63, 3.8) is 0 Å². The van der Waals surface area contributed by atoms with Gasteiger partial charge in [0, 0.05) is 31.9 Å². The molecule has 0 aliphatic carbocycles. The predicted octanol–water partition coefficient (Wildman–Crippen LogP) is 2.71. The van der Waals surface area contributed by atoms with Gasteiger partial charge in [0.2, 0.25) is 10.0 Å². The Bertz CT molecular complexity index is 503. The third-order valence-corrected chi connectivity index (χ3v) is 5.01. The van der Waals surface area contributed by atoms with Crippen molar-refractivity contribution < 1.29 is 8.42 Å². The molecule has 0 radical (unpaired) electrons. The largest absolute Gasteiger partial charge is 0.370 e. The molecule has 1 N–H and O–H groups in total. The summed E-state index contributed by atoms with van der Waals surface area (Å²) in [5, 5.41) is 3.11. The minimum atomic E-state index is -3.42. The van der Waals surface area contributed by atoms with Crippen molar-refractivity contribution in [3.05, 3.63) is 18.3 Å². The Labute approximate surface area is 122 Å². The Morgan fingerprint density at radius 1 is 1.25 bits per heavy atom. The van der Waals surface area contributed by atoms with Crippen LogP contribution in [0.5, 0.6) is 0 Å². The van der Waals surface area contributed by atoms with Crippen LogP contribution >= 0.6 is 0 Å². The van der Waals surface area contributed by atoms with Crippen LogP contribution in [0.15, 0.2) is 23.2 Å². The van der Waals surface area contributed by atoms with E-state index in [2.05, 4.69) is 24.1 Å². The van der Waals surface area contributed by atoms with E-state index in [1.807, 2.05) is 6.92 Å². The van der Waals surface area contributed by atoms with E-state index >= 15 is 0 Å². The summed E-state index contributed by atoms with van der Waals surface area (Å²) in [6.07, 6.45) is 4.36. The maximum Gasteiger partial charge on any atom is 0.243 e. The third-order valence-electron chi connectivity index (χ3n) is 3.04. The Morgan fingerprint density at radius 2 is 2.00 bits per heavy atom. The number of unbranched alkanes of at least 4 members (excludes halogenated alkanes) is 1. The number of nitrogens with zero attached hydrogens (tertiary/aromatic N) is 2. The smallest absolute Gasteiger partial charge is 0.243 e. The van der Waals surface area contributed by atoms with Crippen LogP contribution < -0.4 is 5.32 Å². The van der Waals surface area contributed by atoms with Crippen molar-refractivity contribution in [2.45, 2.75) is 44.9 Å². The molecule has 1 heterocycles. The maximum absolute atomic E-state index is 12.6. The van der Waals surface area contributed by atoms with Crippen molar-refractivity contribution >= 4 is 15.8 Å². The quantitative estimate of drug-likeness (QED) is 0.761. The molecule has 0 saturated carbocycles. The van der Waals surface area contributed by atoms with Gasteiger partial charge in [-0.15, -0.1) is 0 Å². The molecule has 114 valence electrons. The van der Waals surface area contributed by atoms with E-state index < -0.39 is 10.0 Å². The second-order valence-corrected chi connectivity index (χ2v) is 6.59. The summed E-state index contributed by atoms with van der Waals surface area (Å²) in [4.78, 5) is 4.45. The first-order valence-electron chi connectivity index (χ1n) is 7.26. The van der Waals surface area contributed by atoms with Crippen molar-refractivity contribution in [1.82, 2.24) is 9.29 Å². The van der Waals surface area contributed by atoms with Gasteiger partial charge < -0.3 is 5.32 Å². The molecular weight excluding hydrogens is 274 g/mol. The summed E-state index contributed by atoms with van der Waals surface area (Å²) in [6, 6.07) is 3.17. The van der Waals surface area contributed by atoms with E-state index in [-0.39, 0.29) is 0 Å². The number of hydrogen-bond donors (Lipinski definition) is 1. The minimum Gasteiger partial charge on any atom is -0.370 e. The van der Waals surface area contributed by atoms with E-state index in [0.717, 1.165) is 25.8 Å². The molecule has 0 aliphatic rings. The normalized spacial score (nSPS) is 11.8. The lowest BCUT2D eigenvalue weighted by atomic mass is 10.3. The molecule has 1 aromatic heterocycles. The highest BCUT2D eigenvalue weighted by atomic mass is 32.2. The molecule has 0 amide bonds. The SMILES string of the molecule is CCCCN(CC)S(=O)(=O)c1ccnc(NCCC)c1. The van der Waals surface area contributed by atoms with Gasteiger partial charge in [-0.3, -0.25) is 0 Å². The zero-order valence-corrected chi connectivity index (χ0v) is 13.4. The fourth-order valence-corrected chi connectivity index (χ4v) is 3.35. The molecular formula is C14H25N3O2S. The van der Waals surface area contributed by atoms with Crippen molar-refractivity contribution in [3.8, 4) is 0 Å². The monoisotopic (exact) mass is 299 g/mol. The van der Waals surface area contributed by atoms with Gasteiger partial charge in [0.1, 0.15) is 5.82 Å². The van der Waals surface area contributed by atoms with E-state index in [9.17, 15) is 8.42 Å². The lowest BCUT2D eigenvalue weighted by Crippen LogP contribution is -2.31. The summed E-state index contributed by atoms with van der Waals surface area (Å²) in [6.45, 7) is 7.81. The molecule has 0 fully saturated rings. The van der Waals surface area contributed by atoms with Gasteiger partial charge in [-0.1, -0.05) is 27.2 Å². The van der Waals surface area contributed by atoms with E-state index in [1.54, 1.807) is 18.3 Å². The van der Waals surface area contributed by atoms with E-state index in [4.69, 9.17) is 0 Å². The lowest BCUT2D eigenvalue weighted by Gasteiger charge is -2.20. The lowest BCUT2D eigenvalue weighted by molar-refractivity contribution is 0.419. The first-order valence-corrected chi connectivity index (χ1v) is 8.70. The van der Waals surface area contributed by atoms with Crippen molar-refractivity contribution in [1.29, 1.82) is 0 Å². The summed E-state index contributed by atoms with van der Waals surface area (Å²) >= 11 is 0. The molecule has 0 aliphatic heterocycles. The predicted molar refractivity (Wildman–Crippen MR) is 82.4 cm³/mol. The van der Waals surface area contributed by atoms with Gasteiger partial charge in [-0.05, 0) is 18.9 Å². The van der Waals surface area contributed by atoms with Crippen molar-refractivity contribution in [2.75, 3.05) is 25.0 Å². The Kier molecular flexibility index (Phi) is 6.95. The minimum absolute atomic E-state index is 0.309. The third kappa shape index (κ3) is 4.45. The molecule has 0 spiro atoms. The van der Waals surface area contributed by atoms with Crippen LogP contribution in [0.4, 0.5) is 5.82 Å². The molecule has 5 nitrogen and oxygen atoms in total. The summed E-state index contributed by atoms with van der Waals surface area (Å²) in [5.41, 5.74) is 0. The van der Waals surface area contributed by atoms with Gasteiger partial charge in [-0.25, -0.2) is 13.4 Å². The molecule has 0 unspecified atom stereocenters. The molecule has 0 atom stereocenters. The molecule has 0 aromatic carbocycles. The fraction of sp³-hybridized carbons (Fsp3) is 0.643. The Hall–Kier alpha value is -1.14. The number of pyridine rings is 1. The number of anilines is 1. The van der Waals surface area contributed by atoms with Crippen LogP contribution in [-0.4, -0.2) is 37.3 Å². The highest BCUT2D eigenvalue weighted by Crippen LogP contribution is 2.18. The van der Waals surface area contributed by atoms with Gasteiger partial charge in [-0.2, -0.15) is 4.31 Å². The summed E-state index contributed by atoms with van der Waals surface area (Å²) < 4.78 is 26.7. The number of rotatable bonds is 9. The first-order chi connectivity index (χ1) is 9.56. The number of sulfonamides is 1. The molecule has 20 heavy (non-hydrogen) atoms. The van der Waals surface area contributed by atoms with E-state index in [1.165, 1.54) is 4.31 Å². The Balaban J connectivity index is 2.95. The topological polar surface area (TPSA) is 62.3 Å². The maximum atomic E-state index is 12.6. The van der Waals surface area contributed by atoms with Crippen LogP contribution in [0.3, 0.4) is 0 Å². The standard InChI is InChI=1S/C14H25N3O2S/c1-4-7-11-17(6-3)20(18,19)13-8-10-16-14(12-13)15-9-5-2/h8,10,12H,4-7,9,11H2,1-3H3,(H,15,16). The zero-order chi connectivity index (χ0) is 15.0. The van der Waals surface area contributed by atoms with Gasteiger partial charge in [0.25, 0.3) is 0 Å². The average molecular weight is 299 g/mol. The van der Waals surface area contributed by atoms with Crippen LogP contribution in [0.1, 0.15) is 40.0 Å². The zero-order valence-electron chi connectivity index (χ0n) is 12.6. The van der Waals surface area contributed by atoms with Crippen LogP contribution in [0.25, 0.3) is 0 Å². The highest BCUT2D eigenvalue weighted by Gasteiger charge is 2.22. The number of hydrogen-bond acceptors (Lipinski definition) is 4. The molecule has 6 heteroatoms. The van der Waals surface area contributed by atoms with Crippen LogP contribution in [0.2, 0.25) is 0 Å². The Morgan fingerprint density at radius 3 is 2.60 bits per heavy atom. The average Bonchev–Trinajstić information content (AvgIpc) is 2.46. The van der Waals surface area contributed by atoms with Crippen LogP contribution in [0, 0.1) is 0 Å². The van der Waals surface area contributed by atoms with E-state index in [0.29, 0.717) is 23.8 Å². The van der Waals surface area contributed by atoms with Gasteiger partial charge in [0.05, 0.1) is 4.90 Å². The summed E-state index contributed by atoms with van der Waals surface area (Å²) in [7, 11) is -3.42. The molecule has 1 aromatic rings. The highest BCUT2D eigenvalue weighted by molar-refractivity contribution is 7.89. The second-order valence-electron chi connectivity index (χ2n) is 4.65. The molecule has 0 saturated heterocycles. The van der Waals surface area contributed by atoms with Crippen LogP contribution in [-0.2, 0) is 10.0 Å². The molecule has 1 rings (SSSR count).